The van der Waals surface area contributed by atoms with E-state index in [0.717, 1.165) is 41.4 Å². The van der Waals surface area contributed by atoms with E-state index in [-0.39, 0.29) is 0 Å². The topological polar surface area (TPSA) is 76.2 Å². The molecular weight excluding hydrogens is 366 g/mol. The van der Waals surface area contributed by atoms with Gasteiger partial charge in [-0.05, 0) is 29.7 Å². The van der Waals surface area contributed by atoms with Crippen molar-refractivity contribution in [1.29, 1.82) is 0 Å². The van der Waals surface area contributed by atoms with Crippen molar-refractivity contribution in [3.63, 3.8) is 0 Å². The number of pyridine rings is 1. The summed E-state index contributed by atoms with van der Waals surface area (Å²) in [7, 11) is 0. The van der Waals surface area contributed by atoms with Crippen LogP contribution in [0, 0.1) is 0 Å². The van der Waals surface area contributed by atoms with Crippen LogP contribution >= 0.6 is 0 Å². The molecule has 7 nitrogen and oxygen atoms in total. The molecule has 0 saturated carbocycles. The summed E-state index contributed by atoms with van der Waals surface area (Å²) in [6, 6.07) is 16.4. The molecule has 1 N–H and O–H groups in total. The van der Waals surface area contributed by atoms with Crippen molar-refractivity contribution in [3.8, 4) is 17.3 Å². The van der Waals surface area contributed by atoms with E-state index in [0.29, 0.717) is 25.8 Å². The van der Waals surface area contributed by atoms with Crippen molar-refractivity contribution in [3.05, 3.63) is 66.6 Å². The maximum Gasteiger partial charge on any atom is 0.319 e. The SMILES string of the molecule is c1ccc(COc2nc(-c3ccc4cc[nH]c4c3)cc(N3CCOCC3)n2)nc1. The fourth-order valence-electron chi connectivity index (χ4n) is 3.41. The summed E-state index contributed by atoms with van der Waals surface area (Å²) >= 11 is 0. The highest BCUT2D eigenvalue weighted by molar-refractivity contribution is 5.84. The van der Waals surface area contributed by atoms with Crippen LogP contribution in [0.25, 0.3) is 22.2 Å². The molecule has 29 heavy (non-hydrogen) atoms. The highest BCUT2D eigenvalue weighted by Crippen LogP contribution is 2.27. The minimum absolute atomic E-state index is 0.322. The van der Waals surface area contributed by atoms with Crippen LogP contribution in [0.5, 0.6) is 6.01 Å². The van der Waals surface area contributed by atoms with Crippen molar-refractivity contribution < 1.29 is 9.47 Å². The van der Waals surface area contributed by atoms with Gasteiger partial charge in [0.25, 0.3) is 0 Å². The first kappa shape index (κ1) is 17.6. The molecule has 0 spiro atoms. The molecule has 7 heteroatoms. The van der Waals surface area contributed by atoms with Gasteiger partial charge in [-0.15, -0.1) is 0 Å². The Balaban J connectivity index is 1.50. The number of hydrogen-bond acceptors (Lipinski definition) is 6. The predicted molar refractivity (Wildman–Crippen MR) is 111 cm³/mol. The lowest BCUT2D eigenvalue weighted by molar-refractivity contribution is 0.122. The summed E-state index contributed by atoms with van der Waals surface area (Å²) < 4.78 is 11.4. The summed E-state index contributed by atoms with van der Waals surface area (Å²) in [6.45, 7) is 3.30. The molecule has 0 radical (unpaired) electrons. The minimum Gasteiger partial charge on any atom is -0.457 e. The van der Waals surface area contributed by atoms with Gasteiger partial charge in [0.15, 0.2) is 0 Å². The maximum absolute atomic E-state index is 5.91. The van der Waals surface area contributed by atoms with Gasteiger partial charge < -0.3 is 19.4 Å². The molecule has 1 saturated heterocycles. The Bertz CT molecular complexity index is 1110. The smallest absolute Gasteiger partial charge is 0.319 e. The zero-order valence-corrected chi connectivity index (χ0v) is 15.9. The third-order valence-corrected chi connectivity index (χ3v) is 4.95. The maximum atomic E-state index is 5.91. The fraction of sp³-hybridized carbons (Fsp3) is 0.227. The Hall–Kier alpha value is -3.45. The number of aromatic nitrogens is 4. The molecule has 0 bridgehead atoms. The summed E-state index contributed by atoms with van der Waals surface area (Å²) in [6.07, 6.45) is 3.69. The van der Waals surface area contributed by atoms with Crippen LogP contribution in [-0.4, -0.2) is 46.2 Å². The third-order valence-electron chi connectivity index (χ3n) is 4.95. The third kappa shape index (κ3) is 3.90. The first-order chi connectivity index (χ1) is 14.3. The van der Waals surface area contributed by atoms with Crippen LogP contribution in [0.1, 0.15) is 5.69 Å². The predicted octanol–water partition coefficient (Wildman–Crippen LogP) is 3.44. The van der Waals surface area contributed by atoms with E-state index in [9.17, 15) is 0 Å². The van der Waals surface area contributed by atoms with Crippen LogP contribution in [-0.2, 0) is 11.3 Å². The second kappa shape index (κ2) is 7.89. The molecule has 146 valence electrons. The number of aromatic amines is 1. The Morgan fingerprint density at radius 1 is 1.03 bits per heavy atom. The van der Waals surface area contributed by atoms with Crippen LogP contribution in [0.15, 0.2) is 60.9 Å². The van der Waals surface area contributed by atoms with Crippen molar-refractivity contribution >= 4 is 16.7 Å². The van der Waals surface area contributed by atoms with Gasteiger partial charge >= 0.3 is 6.01 Å². The van der Waals surface area contributed by atoms with Gasteiger partial charge in [0.1, 0.15) is 12.4 Å². The lowest BCUT2D eigenvalue weighted by Gasteiger charge is -2.28. The van der Waals surface area contributed by atoms with Crippen LogP contribution in [0.4, 0.5) is 5.82 Å². The molecule has 4 aromatic rings. The fourth-order valence-corrected chi connectivity index (χ4v) is 3.41. The van der Waals surface area contributed by atoms with Crippen molar-refractivity contribution in [2.75, 3.05) is 31.2 Å². The summed E-state index contributed by atoms with van der Waals surface area (Å²) in [4.78, 5) is 19.1. The molecule has 0 unspecified atom stereocenters. The Morgan fingerprint density at radius 2 is 1.97 bits per heavy atom. The number of nitrogens with zero attached hydrogens (tertiary/aromatic N) is 4. The average molecular weight is 387 g/mol. The summed E-state index contributed by atoms with van der Waals surface area (Å²) in [5.41, 5.74) is 3.75. The molecule has 1 aliphatic rings. The van der Waals surface area contributed by atoms with E-state index in [1.165, 1.54) is 5.39 Å². The summed E-state index contributed by atoms with van der Waals surface area (Å²) in [5, 5.41) is 1.17. The normalized spacial score (nSPS) is 14.3. The molecule has 4 heterocycles. The number of anilines is 1. The first-order valence-corrected chi connectivity index (χ1v) is 9.67. The molecule has 3 aromatic heterocycles. The summed E-state index contributed by atoms with van der Waals surface area (Å²) in [5.74, 6) is 0.848. The van der Waals surface area contributed by atoms with Crippen LogP contribution < -0.4 is 9.64 Å². The van der Waals surface area contributed by atoms with Crippen LogP contribution in [0.3, 0.4) is 0 Å². The highest BCUT2D eigenvalue weighted by Gasteiger charge is 2.17. The van der Waals surface area contributed by atoms with Crippen molar-refractivity contribution in [2.45, 2.75) is 6.61 Å². The molecular formula is C22H21N5O2. The molecule has 1 fully saturated rings. The number of fused-ring (bicyclic) bond motifs is 1. The van der Waals surface area contributed by atoms with Gasteiger partial charge in [0.05, 0.1) is 24.6 Å². The standard InChI is InChI=1S/C22H21N5O2/c1-2-7-23-18(3-1)15-29-22-25-20(14-21(26-22)27-9-11-28-12-10-27)17-5-4-16-6-8-24-19(16)13-17/h1-8,13-14,24H,9-12,15H2. The van der Waals surface area contributed by atoms with Gasteiger partial charge in [0.2, 0.25) is 0 Å². The van der Waals surface area contributed by atoms with E-state index < -0.39 is 0 Å². The number of H-pyrrole nitrogens is 1. The minimum atomic E-state index is 0.322. The molecule has 5 rings (SSSR count). The van der Waals surface area contributed by atoms with E-state index >= 15 is 0 Å². The molecule has 0 atom stereocenters. The number of benzene rings is 1. The Labute approximate surface area is 168 Å². The first-order valence-electron chi connectivity index (χ1n) is 9.67. The number of morpholine rings is 1. The number of nitrogens with one attached hydrogen (secondary N) is 1. The second-order valence-electron chi connectivity index (χ2n) is 6.88. The van der Waals surface area contributed by atoms with Crippen LogP contribution in [0.2, 0.25) is 0 Å². The highest BCUT2D eigenvalue weighted by atomic mass is 16.5. The zero-order valence-electron chi connectivity index (χ0n) is 15.9. The van der Waals surface area contributed by atoms with Gasteiger partial charge in [-0.1, -0.05) is 18.2 Å². The molecule has 1 aliphatic heterocycles. The lowest BCUT2D eigenvalue weighted by Crippen LogP contribution is -2.36. The Kier molecular flexibility index (Phi) is 4.80. The van der Waals surface area contributed by atoms with Crippen molar-refractivity contribution in [1.82, 2.24) is 19.9 Å². The second-order valence-corrected chi connectivity index (χ2v) is 6.88. The largest absolute Gasteiger partial charge is 0.457 e. The van der Waals surface area contributed by atoms with Gasteiger partial charge in [-0.3, -0.25) is 4.98 Å². The average Bonchev–Trinajstić information content (AvgIpc) is 3.27. The monoisotopic (exact) mass is 387 g/mol. The van der Waals surface area contributed by atoms with Gasteiger partial charge in [0, 0.05) is 42.6 Å². The van der Waals surface area contributed by atoms with E-state index in [1.54, 1.807) is 6.20 Å². The molecule has 0 amide bonds. The number of hydrogen-bond donors (Lipinski definition) is 1. The zero-order chi connectivity index (χ0) is 19.5. The number of rotatable bonds is 5. The van der Waals surface area contributed by atoms with E-state index in [1.807, 2.05) is 30.5 Å². The lowest BCUT2D eigenvalue weighted by atomic mass is 10.1. The van der Waals surface area contributed by atoms with E-state index in [4.69, 9.17) is 9.47 Å². The van der Waals surface area contributed by atoms with Gasteiger partial charge in [-0.2, -0.15) is 9.97 Å². The molecule has 1 aromatic carbocycles. The van der Waals surface area contributed by atoms with Crippen molar-refractivity contribution in [2.24, 2.45) is 0 Å². The van der Waals surface area contributed by atoms with Gasteiger partial charge in [-0.25, -0.2) is 0 Å². The Morgan fingerprint density at radius 3 is 2.83 bits per heavy atom. The van der Waals surface area contributed by atoms with E-state index in [2.05, 4.69) is 49.1 Å². The quantitative estimate of drug-likeness (QED) is 0.565. The number of ether oxygens (including phenoxy) is 2. The molecule has 0 aliphatic carbocycles.